The van der Waals surface area contributed by atoms with Crippen LogP contribution in [0.1, 0.15) is 25.8 Å². The van der Waals surface area contributed by atoms with E-state index in [4.69, 9.17) is 27.9 Å². The zero-order chi connectivity index (χ0) is 29.4. The van der Waals surface area contributed by atoms with E-state index >= 15 is 0 Å². The van der Waals surface area contributed by atoms with E-state index < -0.39 is 27.3 Å². The third-order valence-corrected chi connectivity index (χ3v) is 8.94. The van der Waals surface area contributed by atoms with Gasteiger partial charge in [-0.3, -0.25) is 14.2 Å². The number of imidazole rings is 1. The summed E-state index contributed by atoms with van der Waals surface area (Å²) < 4.78 is 33.4. The van der Waals surface area contributed by atoms with Gasteiger partial charge in [0.2, 0.25) is 5.95 Å². The minimum absolute atomic E-state index is 0.0440. The Morgan fingerprint density at radius 1 is 1.00 bits per heavy atom. The van der Waals surface area contributed by atoms with Crippen molar-refractivity contribution in [3.8, 4) is 11.1 Å². The molecule has 0 spiro atoms. The van der Waals surface area contributed by atoms with Gasteiger partial charge < -0.3 is 4.74 Å². The molecule has 2 aromatic carbocycles. The van der Waals surface area contributed by atoms with Crippen LogP contribution in [0, 0.1) is 0 Å². The monoisotopic (exact) mass is 613 g/mol. The second-order valence-electron chi connectivity index (χ2n) is 9.79. The Morgan fingerprint density at radius 3 is 2.29 bits per heavy atom. The second kappa shape index (κ2) is 11.2. The molecule has 13 heteroatoms. The van der Waals surface area contributed by atoms with Crippen molar-refractivity contribution in [1.29, 1.82) is 0 Å². The number of hydrogen-bond acceptors (Lipinski definition) is 8. The van der Waals surface area contributed by atoms with Crippen molar-refractivity contribution in [2.75, 3.05) is 17.3 Å². The summed E-state index contributed by atoms with van der Waals surface area (Å²) in [5.41, 5.74) is 1.53. The number of esters is 1. The van der Waals surface area contributed by atoms with E-state index in [9.17, 15) is 18.0 Å². The lowest BCUT2D eigenvalue weighted by molar-refractivity contribution is -0.140. The summed E-state index contributed by atoms with van der Waals surface area (Å²) in [6.45, 7) is 2.90. The van der Waals surface area contributed by atoms with Gasteiger partial charge in [-0.25, -0.2) is 28.3 Å². The van der Waals surface area contributed by atoms with Crippen LogP contribution in [-0.4, -0.2) is 52.2 Å². The van der Waals surface area contributed by atoms with E-state index in [1.54, 1.807) is 31.5 Å². The maximum Gasteiger partial charge on any atom is 0.302 e. The first kappa shape index (κ1) is 28.7. The molecule has 0 radical (unpaired) electrons. The lowest BCUT2D eigenvalue weighted by Crippen LogP contribution is -2.42. The van der Waals surface area contributed by atoms with Crippen LogP contribution in [0.4, 0.5) is 11.6 Å². The third kappa shape index (κ3) is 5.70. The standard InChI is InChI=1S/C28H25Cl2N5O5S/c1-18(36)40-8-3-9-41(38,39)25-16-33-27-34(24-11-22(29)10-23(30)12-24)26(37)28(2,35(25)27)13-19-4-6-20(7-5-19)21-14-31-17-32-15-21/h4-7,10-12,14-17H,3,8-9,13H2,1-2H3. The Kier molecular flexibility index (Phi) is 7.87. The maximum absolute atomic E-state index is 14.2. The average molecular weight is 615 g/mol. The molecule has 4 aromatic rings. The number of amides is 1. The molecule has 0 saturated carbocycles. The highest BCUT2D eigenvalue weighted by molar-refractivity contribution is 7.91. The van der Waals surface area contributed by atoms with Crippen molar-refractivity contribution in [3.05, 3.63) is 83.0 Å². The molecule has 0 aliphatic carbocycles. The van der Waals surface area contributed by atoms with Gasteiger partial charge in [0.25, 0.3) is 5.91 Å². The molecule has 0 saturated heterocycles. The molecule has 0 bridgehead atoms. The number of hydrogen-bond donors (Lipinski definition) is 0. The van der Waals surface area contributed by atoms with E-state index in [0.29, 0.717) is 15.7 Å². The van der Waals surface area contributed by atoms with Crippen LogP contribution in [0.15, 0.2) is 72.4 Å². The second-order valence-corrected chi connectivity index (χ2v) is 12.7. The van der Waals surface area contributed by atoms with E-state index in [1.165, 1.54) is 35.0 Å². The number of nitrogens with zero attached hydrogens (tertiary/aromatic N) is 5. The van der Waals surface area contributed by atoms with Gasteiger partial charge >= 0.3 is 5.97 Å². The number of anilines is 2. The molecular formula is C28H25Cl2N5O5S. The van der Waals surface area contributed by atoms with Crippen LogP contribution in [0.3, 0.4) is 0 Å². The van der Waals surface area contributed by atoms with E-state index in [1.807, 2.05) is 24.3 Å². The molecule has 41 heavy (non-hydrogen) atoms. The quantitative estimate of drug-likeness (QED) is 0.190. The number of carbonyl (C=O) groups is 2. The van der Waals surface area contributed by atoms with Crippen LogP contribution in [-0.2, 0) is 36.1 Å². The molecule has 1 aliphatic heterocycles. The molecule has 1 aliphatic rings. The van der Waals surface area contributed by atoms with Gasteiger partial charge in [-0.2, -0.15) is 0 Å². The number of benzene rings is 2. The van der Waals surface area contributed by atoms with Gasteiger partial charge in [0.15, 0.2) is 14.9 Å². The summed E-state index contributed by atoms with van der Waals surface area (Å²) in [4.78, 5) is 39.1. The number of aromatic nitrogens is 4. The Hall–Kier alpha value is -3.80. The van der Waals surface area contributed by atoms with Gasteiger partial charge in [-0.05, 0) is 42.7 Å². The smallest absolute Gasteiger partial charge is 0.302 e. The fourth-order valence-electron chi connectivity index (χ4n) is 4.88. The SMILES string of the molecule is CC(=O)OCCCS(=O)(=O)c1cnc2n1C(C)(Cc1ccc(-c3cncnc3)cc1)C(=O)N2c1cc(Cl)cc(Cl)c1. The van der Waals surface area contributed by atoms with Crippen LogP contribution < -0.4 is 4.90 Å². The number of carbonyl (C=O) groups excluding carboxylic acids is 2. The molecule has 0 fully saturated rings. The van der Waals surface area contributed by atoms with Crippen molar-refractivity contribution in [2.24, 2.45) is 0 Å². The van der Waals surface area contributed by atoms with Crippen LogP contribution in [0.5, 0.6) is 0 Å². The van der Waals surface area contributed by atoms with Gasteiger partial charge in [-0.15, -0.1) is 0 Å². The first-order valence-electron chi connectivity index (χ1n) is 12.6. The highest BCUT2D eigenvalue weighted by Crippen LogP contribution is 2.44. The Morgan fingerprint density at radius 2 is 1.66 bits per heavy atom. The fraction of sp³-hybridized carbons (Fsp3) is 0.250. The van der Waals surface area contributed by atoms with E-state index in [2.05, 4.69) is 15.0 Å². The molecule has 0 N–H and O–H groups in total. The predicted octanol–water partition coefficient (Wildman–Crippen LogP) is 5.01. The van der Waals surface area contributed by atoms with Crippen molar-refractivity contribution < 1.29 is 22.7 Å². The minimum Gasteiger partial charge on any atom is -0.466 e. The van der Waals surface area contributed by atoms with E-state index in [-0.39, 0.29) is 36.2 Å². The highest BCUT2D eigenvalue weighted by Gasteiger charge is 2.51. The molecular weight excluding hydrogens is 589 g/mol. The Balaban J connectivity index is 1.55. The van der Waals surface area contributed by atoms with Crippen molar-refractivity contribution >= 4 is 56.6 Å². The van der Waals surface area contributed by atoms with E-state index in [0.717, 1.165) is 16.7 Å². The van der Waals surface area contributed by atoms with Gasteiger partial charge in [-0.1, -0.05) is 47.5 Å². The molecule has 5 rings (SSSR count). The van der Waals surface area contributed by atoms with Crippen molar-refractivity contribution in [3.63, 3.8) is 0 Å². The number of rotatable bonds is 9. The summed E-state index contributed by atoms with van der Waals surface area (Å²) in [6, 6.07) is 12.2. The molecule has 3 heterocycles. The fourth-order valence-corrected chi connectivity index (χ4v) is 6.88. The summed E-state index contributed by atoms with van der Waals surface area (Å²) in [7, 11) is -3.93. The Labute approximate surface area is 246 Å². The molecule has 1 atom stereocenters. The summed E-state index contributed by atoms with van der Waals surface area (Å²) in [5.74, 6) is -1.05. The molecule has 212 valence electrons. The van der Waals surface area contributed by atoms with Gasteiger partial charge in [0.05, 0.1) is 24.2 Å². The molecule has 2 aromatic heterocycles. The first-order chi connectivity index (χ1) is 19.5. The lowest BCUT2D eigenvalue weighted by Gasteiger charge is -2.27. The Bertz CT molecular complexity index is 1710. The highest BCUT2D eigenvalue weighted by atomic mass is 35.5. The topological polar surface area (TPSA) is 124 Å². The zero-order valence-corrected chi connectivity index (χ0v) is 24.4. The van der Waals surface area contributed by atoms with Crippen LogP contribution in [0.2, 0.25) is 10.0 Å². The summed E-state index contributed by atoms with van der Waals surface area (Å²) >= 11 is 12.5. The van der Waals surface area contributed by atoms with Gasteiger partial charge in [0, 0.05) is 41.3 Å². The lowest BCUT2D eigenvalue weighted by atomic mass is 9.91. The largest absolute Gasteiger partial charge is 0.466 e. The maximum atomic E-state index is 14.2. The number of ether oxygens (including phenoxy) is 1. The number of fused-ring (bicyclic) bond motifs is 1. The number of halogens is 2. The molecule has 1 unspecified atom stereocenters. The van der Waals surface area contributed by atoms with Gasteiger partial charge in [0.1, 0.15) is 11.9 Å². The first-order valence-corrected chi connectivity index (χ1v) is 15.0. The molecule has 10 nitrogen and oxygen atoms in total. The molecule has 1 amide bonds. The summed E-state index contributed by atoms with van der Waals surface area (Å²) in [5, 5.41) is 0.511. The van der Waals surface area contributed by atoms with Crippen LogP contribution >= 0.6 is 23.2 Å². The van der Waals surface area contributed by atoms with Crippen molar-refractivity contribution in [1.82, 2.24) is 19.5 Å². The normalized spacial score (nSPS) is 16.6. The zero-order valence-electron chi connectivity index (χ0n) is 22.1. The number of sulfone groups is 1. The average Bonchev–Trinajstić information content (AvgIpc) is 3.45. The minimum atomic E-state index is -3.93. The van der Waals surface area contributed by atoms with Crippen molar-refractivity contribution in [2.45, 2.75) is 37.3 Å². The summed E-state index contributed by atoms with van der Waals surface area (Å²) in [6.07, 6.45) is 6.36. The third-order valence-electron chi connectivity index (χ3n) is 6.75. The predicted molar refractivity (Wildman–Crippen MR) is 154 cm³/mol. The van der Waals surface area contributed by atoms with Crippen LogP contribution in [0.25, 0.3) is 11.1 Å².